The van der Waals surface area contributed by atoms with Crippen molar-refractivity contribution in [3.8, 4) is 0 Å². The van der Waals surface area contributed by atoms with Gasteiger partial charge in [0.05, 0.1) is 6.04 Å². The van der Waals surface area contributed by atoms with Crippen molar-refractivity contribution in [2.75, 3.05) is 0 Å². The molecule has 3 heteroatoms. The molecular weight excluding hydrogens is 277 g/mol. The van der Waals surface area contributed by atoms with Crippen LogP contribution in [0.15, 0.2) is 66.7 Å². The molecule has 0 fully saturated rings. The monoisotopic (exact) mass is 293 g/mol. The van der Waals surface area contributed by atoms with Crippen LogP contribution < -0.4 is 5.32 Å². The molecule has 0 aliphatic carbocycles. The summed E-state index contributed by atoms with van der Waals surface area (Å²) in [6.07, 6.45) is 0. The van der Waals surface area contributed by atoms with E-state index < -0.39 is 5.82 Å². The summed E-state index contributed by atoms with van der Waals surface area (Å²) in [5.41, 5.74) is 1.34. The summed E-state index contributed by atoms with van der Waals surface area (Å²) in [6.45, 7) is 1.92. The third-order valence-electron chi connectivity index (χ3n) is 3.71. The zero-order valence-electron chi connectivity index (χ0n) is 12.2. The minimum Gasteiger partial charge on any atom is -0.346 e. The second-order valence-corrected chi connectivity index (χ2v) is 5.31. The normalized spacial score (nSPS) is 12.1. The number of benzene rings is 3. The fraction of sp³-hybridized carbons (Fsp3) is 0.105. The van der Waals surface area contributed by atoms with Crippen molar-refractivity contribution < 1.29 is 9.18 Å². The van der Waals surface area contributed by atoms with E-state index in [0.717, 1.165) is 16.3 Å². The summed E-state index contributed by atoms with van der Waals surface area (Å²) in [7, 11) is 0. The lowest BCUT2D eigenvalue weighted by Crippen LogP contribution is -2.26. The maximum Gasteiger partial charge on any atom is 0.251 e. The molecule has 0 radical (unpaired) electrons. The van der Waals surface area contributed by atoms with Gasteiger partial charge in [0, 0.05) is 5.56 Å². The third kappa shape index (κ3) is 2.98. The number of amides is 1. The van der Waals surface area contributed by atoms with Gasteiger partial charge in [-0.25, -0.2) is 4.39 Å². The molecule has 2 nitrogen and oxygen atoms in total. The van der Waals surface area contributed by atoms with E-state index in [1.165, 1.54) is 18.2 Å². The van der Waals surface area contributed by atoms with Crippen LogP contribution in [0.4, 0.5) is 4.39 Å². The molecule has 110 valence electrons. The van der Waals surface area contributed by atoms with Crippen molar-refractivity contribution in [3.63, 3.8) is 0 Å². The van der Waals surface area contributed by atoms with Gasteiger partial charge >= 0.3 is 0 Å². The Morgan fingerprint density at radius 1 is 0.955 bits per heavy atom. The number of fused-ring (bicyclic) bond motifs is 1. The summed E-state index contributed by atoms with van der Waals surface area (Å²) < 4.78 is 13.2. The van der Waals surface area contributed by atoms with Crippen molar-refractivity contribution in [1.82, 2.24) is 5.32 Å². The molecule has 3 aromatic rings. The van der Waals surface area contributed by atoms with Gasteiger partial charge in [0.15, 0.2) is 0 Å². The Morgan fingerprint density at radius 2 is 1.73 bits per heavy atom. The van der Waals surface area contributed by atoms with Gasteiger partial charge in [-0.1, -0.05) is 42.5 Å². The second-order valence-electron chi connectivity index (χ2n) is 5.31. The molecule has 0 unspecified atom stereocenters. The Kier molecular flexibility index (Phi) is 3.88. The lowest BCUT2D eigenvalue weighted by molar-refractivity contribution is 0.0939. The van der Waals surface area contributed by atoms with E-state index in [9.17, 15) is 9.18 Å². The molecule has 3 rings (SSSR count). The minimum atomic E-state index is -0.411. The van der Waals surface area contributed by atoms with Gasteiger partial charge < -0.3 is 5.32 Å². The first-order valence-electron chi connectivity index (χ1n) is 7.18. The number of nitrogens with one attached hydrogen (secondary N) is 1. The fourth-order valence-electron chi connectivity index (χ4n) is 2.47. The van der Waals surface area contributed by atoms with E-state index >= 15 is 0 Å². The van der Waals surface area contributed by atoms with Crippen LogP contribution in [0.25, 0.3) is 10.8 Å². The molecule has 0 saturated heterocycles. The van der Waals surface area contributed by atoms with Crippen molar-refractivity contribution in [2.24, 2.45) is 0 Å². The fourth-order valence-corrected chi connectivity index (χ4v) is 2.47. The largest absolute Gasteiger partial charge is 0.346 e. The quantitative estimate of drug-likeness (QED) is 0.758. The molecule has 0 aliphatic heterocycles. The molecule has 0 aromatic heterocycles. The van der Waals surface area contributed by atoms with Crippen LogP contribution in [-0.2, 0) is 0 Å². The van der Waals surface area contributed by atoms with Crippen molar-refractivity contribution in [3.05, 3.63) is 83.7 Å². The number of hydrogen-bond donors (Lipinski definition) is 1. The predicted molar refractivity (Wildman–Crippen MR) is 86.2 cm³/mol. The molecule has 1 N–H and O–H groups in total. The highest BCUT2D eigenvalue weighted by Gasteiger charge is 2.12. The SMILES string of the molecule is C[C@@H](NC(=O)c1cccc(F)c1)c1ccc2ccccc2c1. The summed E-state index contributed by atoms with van der Waals surface area (Å²) in [6, 6.07) is 19.7. The van der Waals surface area contributed by atoms with Crippen LogP contribution in [0.2, 0.25) is 0 Å². The number of carbonyl (C=O) groups excluding carboxylic acids is 1. The maximum atomic E-state index is 13.2. The summed E-state index contributed by atoms with van der Waals surface area (Å²) in [5, 5.41) is 5.19. The molecule has 0 aliphatic rings. The Bertz CT molecular complexity index is 828. The first-order chi connectivity index (χ1) is 10.6. The first-order valence-corrected chi connectivity index (χ1v) is 7.18. The molecule has 0 saturated carbocycles. The molecule has 0 spiro atoms. The van der Waals surface area contributed by atoms with Gasteiger partial charge in [-0.05, 0) is 47.5 Å². The second kappa shape index (κ2) is 5.98. The molecule has 0 heterocycles. The number of carbonyl (C=O) groups is 1. The lowest BCUT2D eigenvalue weighted by atomic mass is 10.0. The Balaban J connectivity index is 1.80. The molecule has 1 amide bonds. The van der Waals surface area contributed by atoms with Crippen LogP contribution >= 0.6 is 0 Å². The summed E-state index contributed by atoms with van der Waals surface area (Å²) >= 11 is 0. The van der Waals surface area contributed by atoms with Gasteiger partial charge in [-0.15, -0.1) is 0 Å². The molecule has 22 heavy (non-hydrogen) atoms. The highest BCUT2D eigenvalue weighted by molar-refractivity contribution is 5.94. The molecule has 1 atom stereocenters. The van der Waals surface area contributed by atoms with E-state index in [1.54, 1.807) is 6.07 Å². The highest BCUT2D eigenvalue weighted by Crippen LogP contribution is 2.20. The van der Waals surface area contributed by atoms with Gasteiger partial charge in [0.2, 0.25) is 0 Å². The van der Waals surface area contributed by atoms with E-state index in [1.807, 2.05) is 37.3 Å². The van der Waals surface area contributed by atoms with Crippen LogP contribution in [-0.4, -0.2) is 5.91 Å². The van der Waals surface area contributed by atoms with Crippen LogP contribution in [0, 0.1) is 5.82 Å². The maximum absolute atomic E-state index is 13.2. The predicted octanol–water partition coefficient (Wildman–Crippen LogP) is 4.47. The smallest absolute Gasteiger partial charge is 0.251 e. The van der Waals surface area contributed by atoms with E-state index in [-0.39, 0.29) is 11.9 Å². The van der Waals surface area contributed by atoms with E-state index in [2.05, 4.69) is 17.4 Å². The Labute approximate surface area is 128 Å². The summed E-state index contributed by atoms with van der Waals surface area (Å²) in [5.74, 6) is -0.689. The van der Waals surface area contributed by atoms with Gasteiger partial charge in [0.25, 0.3) is 5.91 Å². The van der Waals surface area contributed by atoms with Crippen molar-refractivity contribution >= 4 is 16.7 Å². The average molecular weight is 293 g/mol. The Hall–Kier alpha value is -2.68. The van der Waals surface area contributed by atoms with E-state index in [0.29, 0.717) is 5.56 Å². The van der Waals surface area contributed by atoms with Crippen molar-refractivity contribution in [2.45, 2.75) is 13.0 Å². The zero-order chi connectivity index (χ0) is 15.5. The van der Waals surface area contributed by atoms with E-state index in [4.69, 9.17) is 0 Å². The Morgan fingerprint density at radius 3 is 2.50 bits per heavy atom. The first kappa shape index (κ1) is 14.3. The number of hydrogen-bond acceptors (Lipinski definition) is 1. The zero-order valence-corrected chi connectivity index (χ0v) is 12.2. The molecule has 0 bridgehead atoms. The lowest BCUT2D eigenvalue weighted by Gasteiger charge is -2.15. The van der Waals surface area contributed by atoms with Gasteiger partial charge in [-0.2, -0.15) is 0 Å². The topological polar surface area (TPSA) is 29.1 Å². The van der Waals surface area contributed by atoms with Crippen molar-refractivity contribution in [1.29, 1.82) is 0 Å². The van der Waals surface area contributed by atoms with Crippen LogP contribution in [0.3, 0.4) is 0 Å². The molecular formula is C19H16FNO. The highest BCUT2D eigenvalue weighted by atomic mass is 19.1. The summed E-state index contributed by atoms with van der Waals surface area (Å²) in [4.78, 5) is 12.2. The number of halogens is 1. The van der Waals surface area contributed by atoms with Crippen LogP contribution in [0.5, 0.6) is 0 Å². The molecule has 3 aromatic carbocycles. The van der Waals surface area contributed by atoms with Gasteiger partial charge in [-0.3, -0.25) is 4.79 Å². The third-order valence-corrected chi connectivity index (χ3v) is 3.71. The standard InChI is InChI=1S/C19H16FNO/c1-13(21-19(22)17-7-4-8-18(20)12-17)15-10-9-14-5-2-3-6-16(14)11-15/h2-13H,1H3,(H,21,22)/t13-/m1/s1. The minimum absolute atomic E-state index is 0.152. The van der Waals surface area contributed by atoms with Crippen LogP contribution in [0.1, 0.15) is 28.9 Å². The van der Waals surface area contributed by atoms with Gasteiger partial charge in [0.1, 0.15) is 5.82 Å². The average Bonchev–Trinajstić information content (AvgIpc) is 2.54. The number of rotatable bonds is 3.